The Morgan fingerprint density at radius 1 is 1.08 bits per heavy atom. The number of aromatic nitrogens is 1. The van der Waals surface area contributed by atoms with Gasteiger partial charge in [0.2, 0.25) is 0 Å². The van der Waals surface area contributed by atoms with Gasteiger partial charge in [-0.1, -0.05) is 60.7 Å². The fourth-order valence-corrected chi connectivity index (χ4v) is 3.77. The number of likely N-dealkylation sites (N-methyl/N-ethyl adjacent to an activating group) is 1. The van der Waals surface area contributed by atoms with Crippen molar-refractivity contribution in [2.45, 2.75) is 13.0 Å². The zero-order valence-electron chi connectivity index (χ0n) is 15.3. The first-order valence-corrected chi connectivity index (χ1v) is 9.40. The second-order valence-electron chi connectivity index (χ2n) is 6.38. The number of nitrogens with zero attached hydrogens (tertiary/aromatic N) is 2. The third-order valence-corrected chi connectivity index (χ3v) is 5.22. The zero-order chi connectivity index (χ0) is 18.5. The lowest BCUT2D eigenvalue weighted by Crippen LogP contribution is -2.34. The van der Waals surface area contributed by atoms with Crippen LogP contribution in [-0.2, 0) is 0 Å². The van der Waals surface area contributed by atoms with E-state index in [1.54, 1.807) is 0 Å². The van der Waals surface area contributed by atoms with Gasteiger partial charge in [-0.05, 0) is 26.6 Å². The molecule has 2 aromatic carbocycles. The molecule has 26 heavy (non-hydrogen) atoms. The van der Waals surface area contributed by atoms with Crippen LogP contribution in [0.15, 0.2) is 60.7 Å². The van der Waals surface area contributed by atoms with Crippen LogP contribution < -0.4 is 5.32 Å². The minimum absolute atomic E-state index is 0.0720. The molecule has 1 heterocycles. The van der Waals surface area contributed by atoms with E-state index in [-0.39, 0.29) is 11.9 Å². The molecule has 4 nitrogen and oxygen atoms in total. The first-order valence-electron chi connectivity index (χ1n) is 8.58. The Balaban J connectivity index is 1.78. The molecule has 1 amide bonds. The summed E-state index contributed by atoms with van der Waals surface area (Å²) in [5.41, 5.74) is 2.91. The Bertz CT molecular complexity index is 859. The van der Waals surface area contributed by atoms with Gasteiger partial charge in [0.15, 0.2) is 0 Å². The number of rotatable bonds is 6. The Kier molecular flexibility index (Phi) is 5.81. The van der Waals surface area contributed by atoms with Gasteiger partial charge in [0.25, 0.3) is 5.91 Å². The van der Waals surface area contributed by atoms with Crippen molar-refractivity contribution in [3.63, 3.8) is 0 Å². The lowest BCUT2D eigenvalue weighted by atomic mass is 10.1. The Morgan fingerprint density at radius 3 is 2.31 bits per heavy atom. The second kappa shape index (κ2) is 8.25. The molecule has 134 valence electrons. The molecular formula is C21H23N3OS. The predicted molar refractivity (Wildman–Crippen MR) is 107 cm³/mol. The summed E-state index contributed by atoms with van der Waals surface area (Å²) in [7, 11) is 4.05. The van der Waals surface area contributed by atoms with Gasteiger partial charge in [-0.3, -0.25) is 4.79 Å². The summed E-state index contributed by atoms with van der Waals surface area (Å²) in [4.78, 5) is 20.2. The number of amides is 1. The maximum Gasteiger partial charge on any atom is 0.263 e. The summed E-state index contributed by atoms with van der Waals surface area (Å²) >= 11 is 1.44. The Hall–Kier alpha value is -2.50. The van der Waals surface area contributed by atoms with Crippen LogP contribution in [-0.4, -0.2) is 36.4 Å². The van der Waals surface area contributed by atoms with Crippen molar-refractivity contribution in [2.75, 3.05) is 20.6 Å². The highest BCUT2D eigenvalue weighted by Gasteiger charge is 2.20. The molecule has 0 saturated carbocycles. The fourth-order valence-electron chi connectivity index (χ4n) is 2.92. The molecule has 0 spiro atoms. The van der Waals surface area contributed by atoms with Crippen LogP contribution in [0, 0.1) is 6.92 Å². The number of hydrogen-bond acceptors (Lipinski definition) is 4. The van der Waals surface area contributed by atoms with Gasteiger partial charge in [0.05, 0.1) is 16.7 Å². The molecule has 0 aliphatic rings. The third kappa shape index (κ3) is 4.18. The average Bonchev–Trinajstić information content (AvgIpc) is 3.05. The molecule has 3 rings (SSSR count). The van der Waals surface area contributed by atoms with Gasteiger partial charge in [-0.2, -0.15) is 0 Å². The van der Waals surface area contributed by atoms with Crippen molar-refractivity contribution < 1.29 is 4.79 Å². The van der Waals surface area contributed by atoms with Crippen LogP contribution >= 0.6 is 11.3 Å². The van der Waals surface area contributed by atoms with Crippen LogP contribution in [0.4, 0.5) is 0 Å². The predicted octanol–water partition coefficient (Wildman–Crippen LogP) is 4.15. The summed E-state index contributed by atoms with van der Waals surface area (Å²) in [6.45, 7) is 2.47. The van der Waals surface area contributed by atoms with Crippen molar-refractivity contribution >= 4 is 17.2 Å². The van der Waals surface area contributed by atoms with Gasteiger partial charge in [0.1, 0.15) is 4.88 Å². The zero-order valence-corrected chi connectivity index (χ0v) is 16.1. The molecular weight excluding hydrogens is 342 g/mol. The Morgan fingerprint density at radius 2 is 1.69 bits per heavy atom. The van der Waals surface area contributed by atoms with E-state index in [4.69, 9.17) is 0 Å². The summed E-state index contributed by atoms with van der Waals surface area (Å²) in [5.74, 6) is -0.0720. The molecule has 1 unspecified atom stereocenters. The number of benzene rings is 2. The van der Waals surface area contributed by atoms with E-state index in [9.17, 15) is 4.79 Å². The van der Waals surface area contributed by atoms with E-state index in [2.05, 4.69) is 27.3 Å². The number of thiazole rings is 1. The van der Waals surface area contributed by atoms with E-state index in [0.717, 1.165) is 16.3 Å². The third-order valence-electron chi connectivity index (χ3n) is 4.25. The van der Waals surface area contributed by atoms with E-state index >= 15 is 0 Å². The maximum atomic E-state index is 12.9. The topological polar surface area (TPSA) is 45.2 Å². The van der Waals surface area contributed by atoms with E-state index < -0.39 is 0 Å². The van der Waals surface area contributed by atoms with Gasteiger partial charge < -0.3 is 10.2 Å². The number of aryl methyl sites for hydroxylation is 1. The molecule has 0 bridgehead atoms. The smallest absolute Gasteiger partial charge is 0.263 e. The van der Waals surface area contributed by atoms with Crippen LogP contribution in [0.3, 0.4) is 0 Å². The summed E-state index contributed by atoms with van der Waals surface area (Å²) in [6, 6.07) is 20.2. The van der Waals surface area contributed by atoms with Gasteiger partial charge in [-0.15, -0.1) is 11.3 Å². The number of nitrogens with one attached hydrogen (secondary N) is 1. The molecule has 3 aromatic rings. The molecule has 0 saturated heterocycles. The van der Waals surface area contributed by atoms with E-state index in [0.29, 0.717) is 11.4 Å². The number of carbonyl (C=O) groups is 1. The largest absolute Gasteiger partial charge is 0.349 e. The summed E-state index contributed by atoms with van der Waals surface area (Å²) in [5, 5.41) is 3.98. The normalized spacial score (nSPS) is 12.2. The van der Waals surface area contributed by atoms with Crippen LogP contribution in [0.1, 0.15) is 26.3 Å². The molecule has 0 radical (unpaired) electrons. The fraction of sp³-hybridized carbons (Fsp3) is 0.238. The van der Waals surface area contributed by atoms with Crippen LogP contribution in [0.2, 0.25) is 0 Å². The van der Waals surface area contributed by atoms with E-state index in [1.807, 2.05) is 69.6 Å². The van der Waals surface area contributed by atoms with Crippen molar-refractivity contribution in [1.29, 1.82) is 0 Å². The van der Waals surface area contributed by atoms with Crippen molar-refractivity contribution in [3.8, 4) is 11.3 Å². The van der Waals surface area contributed by atoms with Gasteiger partial charge in [-0.25, -0.2) is 4.98 Å². The van der Waals surface area contributed by atoms with Crippen molar-refractivity contribution in [1.82, 2.24) is 15.2 Å². The minimum atomic E-state index is -0.0720. The molecule has 5 heteroatoms. The van der Waals surface area contributed by atoms with Crippen LogP contribution in [0.5, 0.6) is 0 Å². The lowest BCUT2D eigenvalue weighted by molar-refractivity contribution is 0.0946. The quantitative estimate of drug-likeness (QED) is 0.714. The highest BCUT2D eigenvalue weighted by Crippen LogP contribution is 2.28. The maximum absolute atomic E-state index is 12.9. The number of carbonyl (C=O) groups excluding carboxylic acids is 1. The Labute approximate surface area is 158 Å². The first kappa shape index (κ1) is 18.3. The van der Waals surface area contributed by atoms with Crippen molar-refractivity contribution in [3.05, 3.63) is 76.1 Å². The first-order chi connectivity index (χ1) is 12.6. The highest BCUT2D eigenvalue weighted by atomic mass is 32.1. The molecule has 1 N–H and O–H groups in total. The summed E-state index contributed by atoms with van der Waals surface area (Å²) < 4.78 is 0. The van der Waals surface area contributed by atoms with Crippen LogP contribution in [0.25, 0.3) is 11.3 Å². The van der Waals surface area contributed by atoms with Crippen molar-refractivity contribution in [2.24, 2.45) is 0 Å². The molecule has 0 aliphatic heterocycles. The minimum Gasteiger partial charge on any atom is -0.349 e. The van der Waals surface area contributed by atoms with Gasteiger partial charge >= 0.3 is 0 Å². The standard InChI is InChI=1S/C21H23N3OS/c1-15-23-19(17-12-8-5-9-13-17)20(26-15)21(25)22-14-18(24(2)3)16-10-6-4-7-11-16/h4-13,18H,14H2,1-3H3,(H,22,25). The lowest BCUT2D eigenvalue weighted by Gasteiger charge is -2.25. The molecule has 1 atom stereocenters. The summed E-state index contributed by atoms with van der Waals surface area (Å²) in [6.07, 6.45) is 0. The molecule has 1 aromatic heterocycles. The average molecular weight is 366 g/mol. The van der Waals surface area contributed by atoms with E-state index in [1.165, 1.54) is 16.9 Å². The molecule has 0 fully saturated rings. The highest BCUT2D eigenvalue weighted by molar-refractivity contribution is 7.14. The second-order valence-corrected chi connectivity index (χ2v) is 7.58. The monoisotopic (exact) mass is 365 g/mol. The number of hydrogen-bond donors (Lipinski definition) is 1. The van der Waals surface area contributed by atoms with Gasteiger partial charge in [0, 0.05) is 12.1 Å². The SMILES string of the molecule is Cc1nc(-c2ccccc2)c(C(=O)NCC(c2ccccc2)N(C)C)s1. The molecule has 0 aliphatic carbocycles.